The fraction of sp³-hybridized carbons (Fsp3) is 0.154. The lowest BCUT2D eigenvalue weighted by molar-refractivity contribution is 0.888. The molecule has 0 radical (unpaired) electrons. The first-order chi connectivity index (χ1) is 27.3. The predicted molar refractivity (Wildman–Crippen MR) is 238 cm³/mol. The topological polar surface area (TPSA) is 13.1 Å². The number of aromatic nitrogens is 2. The molecule has 8 aromatic rings. The van der Waals surface area contributed by atoms with E-state index in [1.54, 1.807) is 0 Å². The summed E-state index contributed by atoms with van der Waals surface area (Å²) in [6.45, 7) is 8.00. The summed E-state index contributed by atoms with van der Waals surface area (Å²) in [5.41, 5.74) is 14.9. The zero-order valence-electron chi connectivity index (χ0n) is 32.4. The Labute approximate surface area is 325 Å². The number of hydrogen-bond donors (Lipinski definition) is 0. The van der Waals surface area contributed by atoms with Crippen molar-refractivity contribution in [3.05, 3.63) is 187 Å². The molecule has 0 amide bonds. The number of para-hydroxylation sites is 3. The van der Waals surface area contributed by atoms with Crippen molar-refractivity contribution in [2.45, 2.75) is 53.4 Å². The van der Waals surface area contributed by atoms with Gasteiger partial charge in [-0.15, -0.1) is 0 Å². The first-order valence-electron chi connectivity index (χ1n) is 20.1. The summed E-state index contributed by atoms with van der Waals surface area (Å²) in [7, 11) is 0. The van der Waals surface area contributed by atoms with Gasteiger partial charge in [-0.05, 0) is 110 Å². The van der Waals surface area contributed by atoms with E-state index in [0.29, 0.717) is 0 Å². The number of anilines is 2. The summed E-state index contributed by atoms with van der Waals surface area (Å²) in [5.74, 6) is 0. The Bertz CT molecular complexity index is 2670. The van der Waals surface area contributed by atoms with Crippen molar-refractivity contribution in [2.24, 2.45) is 0 Å². The van der Waals surface area contributed by atoms with E-state index < -0.39 is 0 Å². The van der Waals surface area contributed by atoms with Gasteiger partial charge in [-0.1, -0.05) is 131 Å². The molecule has 0 fully saturated rings. The number of fused-ring (bicyclic) bond motifs is 6. The second-order valence-corrected chi connectivity index (χ2v) is 13.6. The van der Waals surface area contributed by atoms with Gasteiger partial charge in [0.1, 0.15) is 0 Å². The lowest BCUT2D eigenvalue weighted by atomic mass is 9.97. The standard InChI is InChI=1S/C48H37N3.2C2H6/c1-5-16-35(17-6-1)49(36-18-7-2-8-19-36)39-29-31-45-43(33-39)48-40(25-15-27-46(48)50(45)37-20-9-3-10-21-37)34-28-30-42-41-24-13-14-26-44(41)51(47(42)32-34)38-22-11-4-12-23-38;2*1-2/h1-7,9-13,15-18,20-25,27-33H,8,14,19,26H2;2*1-2H3. The highest BCUT2D eigenvalue weighted by atomic mass is 15.1. The van der Waals surface area contributed by atoms with Crippen LogP contribution < -0.4 is 4.90 Å². The van der Waals surface area contributed by atoms with E-state index in [1.807, 2.05) is 27.7 Å². The zero-order valence-corrected chi connectivity index (χ0v) is 32.4. The fourth-order valence-electron chi connectivity index (χ4n) is 8.39. The Balaban J connectivity index is 0.00000104. The number of benzene rings is 6. The van der Waals surface area contributed by atoms with Gasteiger partial charge in [0.15, 0.2) is 0 Å². The highest BCUT2D eigenvalue weighted by molar-refractivity contribution is 6.17. The van der Waals surface area contributed by atoms with Gasteiger partial charge in [-0.2, -0.15) is 0 Å². The van der Waals surface area contributed by atoms with Gasteiger partial charge in [0, 0.05) is 55.9 Å². The third-order valence-corrected chi connectivity index (χ3v) is 10.6. The number of rotatable bonds is 6. The lowest BCUT2D eigenvalue weighted by Gasteiger charge is -2.29. The molecule has 0 N–H and O–H groups in total. The summed E-state index contributed by atoms with van der Waals surface area (Å²) in [6.07, 6.45) is 15.5. The van der Waals surface area contributed by atoms with Gasteiger partial charge in [-0.25, -0.2) is 0 Å². The fourth-order valence-corrected chi connectivity index (χ4v) is 8.39. The molecule has 2 aliphatic carbocycles. The molecule has 3 nitrogen and oxygen atoms in total. The minimum atomic E-state index is 1.00. The smallest absolute Gasteiger partial charge is 0.0547 e. The van der Waals surface area contributed by atoms with Crippen LogP contribution in [0.3, 0.4) is 0 Å². The summed E-state index contributed by atoms with van der Waals surface area (Å²) in [4.78, 5) is 2.44. The van der Waals surface area contributed by atoms with Crippen molar-refractivity contribution in [2.75, 3.05) is 4.90 Å². The van der Waals surface area contributed by atoms with Crippen LogP contribution in [0.4, 0.5) is 11.4 Å². The van der Waals surface area contributed by atoms with Crippen LogP contribution in [0.15, 0.2) is 176 Å². The van der Waals surface area contributed by atoms with E-state index in [4.69, 9.17) is 0 Å². The first kappa shape index (κ1) is 35.7. The molecule has 2 aliphatic rings. The maximum atomic E-state index is 2.49. The van der Waals surface area contributed by atoms with Crippen LogP contribution in [0.5, 0.6) is 0 Å². The van der Waals surface area contributed by atoms with Crippen LogP contribution >= 0.6 is 0 Å². The molecule has 0 aliphatic heterocycles. The maximum Gasteiger partial charge on any atom is 0.0547 e. The third-order valence-electron chi connectivity index (χ3n) is 10.6. The van der Waals surface area contributed by atoms with Gasteiger partial charge in [-0.3, -0.25) is 0 Å². The molecule has 2 heterocycles. The van der Waals surface area contributed by atoms with E-state index in [-0.39, 0.29) is 0 Å². The predicted octanol–water partition coefficient (Wildman–Crippen LogP) is 14.8. The first-order valence-corrected chi connectivity index (χ1v) is 20.1. The van der Waals surface area contributed by atoms with Crippen molar-refractivity contribution >= 4 is 50.2 Å². The molecule has 0 unspecified atom stereocenters. The highest BCUT2D eigenvalue weighted by Crippen LogP contribution is 2.43. The molecule has 10 rings (SSSR count). The molecule has 0 atom stereocenters. The average molecular weight is 716 g/mol. The van der Waals surface area contributed by atoms with Crippen LogP contribution in [0.25, 0.3) is 61.3 Å². The molecular formula is C52H49N3. The average Bonchev–Trinajstić information content (AvgIpc) is 3.79. The summed E-state index contributed by atoms with van der Waals surface area (Å²) < 4.78 is 4.93. The van der Waals surface area contributed by atoms with Crippen molar-refractivity contribution in [3.8, 4) is 22.5 Å². The Morgan fingerprint density at radius 2 is 1.20 bits per heavy atom. The Morgan fingerprint density at radius 1 is 0.509 bits per heavy atom. The van der Waals surface area contributed by atoms with Crippen LogP contribution in [0.1, 0.15) is 58.2 Å². The van der Waals surface area contributed by atoms with E-state index in [9.17, 15) is 0 Å². The molecule has 0 bridgehead atoms. The maximum absolute atomic E-state index is 2.49. The summed E-state index contributed by atoms with van der Waals surface area (Å²) in [6, 6.07) is 53.4. The van der Waals surface area contributed by atoms with Crippen molar-refractivity contribution in [3.63, 3.8) is 0 Å². The van der Waals surface area contributed by atoms with Gasteiger partial charge < -0.3 is 14.0 Å². The summed E-state index contributed by atoms with van der Waals surface area (Å²) >= 11 is 0. The number of hydrogen-bond acceptors (Lipinski definition) is 1. The Kier molecular flexibility index (Phi) is 10.4. The van der Waals surface area contributed by atoms with Gasteiger partial charge in [0.25, 0.3) is 0 Å². The van der Waals surface area contributed by atoms with Crippen molar-refractivity contribution in [1.82, 2.24) is 9.13 Å². The minimum Gasteiger partial charge on any atom is -0.314 e. The SMILES string of the molecule is C1=CCCC(N(c2ccccc2)c2ccc3c(c2)c2c(-c4ccc5c6c(n(-c7ccccc7)c5c4)CCC=C6)cccc2n3-c2ccccc2)=C1.CC.CC. The Hall–Kier alpha value is -6.32. The molecule has 0 saturated carbocycles. The van der Waals surface area contributed by atoms with Gasteiger partial charge >= 0.3 is 0 Å². The van der Waals surface area contributed by atoms with E-state index in [0.717, 1.165) is 31.4 Å². The molecule has 0 saturated heterocycles. The quantitative estimate of drug-likeness (QED) is 0.167. The summed E-state index contributed by atoms with van der Waals surface area (Å²) in [5, 5.41) is 3.82. The molecule has 2 aromatic heterocycles. The molecule has 272 valence electrons. The van der Waals surface area contributed by atoms with Crippen LogP contribution in [0.2, 0.25) is 0 Å². The van der Waals surface area contributed by atoms with Crippen LogP contribution in [0, 0.1) is 0 Å². The van der Waals surface area contributed by atoms with E-state index >= 15 is 0 Å². The third kappa shape index (κ3) is 6.40. The molecule has 0 spiro atoms. The number of nitrogens with zero attached hydrogens (tertiary/aromatic N) is 3. The second-order valence-electron chi connectivity index (χ2n) is 13.6. The van der Waals surface area contributed by atoms with Crippen molar-refractivity contribution < 1.29 is 0 Å². The lowest BCUT2D eigenvalue weighted by Crippen LogP contribution is -2.17. The zero-order chi connectivity index (χ0) is 37.7. The largest absolute Gasteiger partial charge is 0.314 e. The van der Waals surface area contributed by atoms with Crippen molar-refractivity contribution in [1.29, 1.82) is 0 Å². The molecule has 55 heavy (non-hydrogen) atoms. The molecular weight excluding hydrogens is 667 g/mol. The van der Waals surface area contributed by atoms with E-state index in [2.05, 4.69) is 190 Å². The molecule has 6 aromatic carbocycles. The van der Waals surface area contributed by atoms with Crippen LogP contribution in [-0.4, -0.2) is 9.13 Å². The van der Waals surface area contributed by atoms with Gasteiger partial charge in [0.05, 0.1) is 16.6 Å². The normalized spacial score (nSPS) is 13.1. The number of allylic oxidation sites excluding steroid dienone is 5. The minimum absolute atomic E-state index is 1.00. The Morgan fingerprint density at radius 3 is 1.91 bits per heavy atom. The highest BCUT2D eigenvalue weighted by Gasteiger charge is 2.23. The monoisotopic (exact) mass is 715 g/mol. The molecule has 3 heteroatoms. The van der Waals surface area contributed by atoms with E-state index in [1.165, 1.54) is 77.9 Å². The van der Waals surface area contributed by atoms with Gasteiger partial charge in [0.2, 0.25) is 0 Å². The second kappa shape index (κ2) is 16.0. The van der Waals surface area contributed by atoms with Crippen LogP contribution in [-0.2, 0) is 6.42 Å².